The normalized spacial score (nSPS) is 13.1. The monoisotopic (exact) mass is 418 g/mol. The van der Waals surface area contributed by atoms with Gasteiger partial charge in [-0.2, -0.15) is 0 Å². The molecule has 0 unspecified atom stereocenters. The number of methoxy groups -OCH3 is 1. The minimum Gasteiger partial charge on any atom is -0.495 e. The number of hydrogen-bond donors (Lipinski definition) is 2. The quantitative estimate of drug-likeness (QED) is 0.671. The Hall–Kier alpha value is -3.04. The lowest BCUT2D eigenvalue weighted by Gasteiger charge is -2.13. The molecule has 154 valence electrons. The highest BCUT2D eigenvalue weighted by Crippen LogP contribution is 2.33. The maximum absolute atomic E-state index is 12.4. The van der Waals surface area contributed by atoms with Crippen LogP contribution in [0.25, 0.3) is 6.08 Å². The van der Waals surface area contributed by atoms with Crippen LogP contribution in [0.4, 0.5) is 5.69 Å². The number of anilines is 1. The number of carbonyl (C=O) groups excluding carboxylic acids is 1. The summed E-state index contributed by atoms with van der Waals surface area (Å²) in [4.78, 5) is 12.4. The van der Waals surface area contributed by atoms with Gasteiger partial charge in [-0.3, -0.25) is 4.79 Å². The molecule has 0 fully saturated rings. The largest absolute Gasteiger partial charge is 0.495 e. The molecule has 0 saturated carbocycles. The van der Waals surface area contributed by atoms with E-state index in [1.807, 2.05) is 0 Å². The summed E-state index contributed by atoms with van der Waals surface area (Å²) in [6.45, 7) is 3.63. The lowest BCUT2D eigenvalue weighted by molar-refractivity contribution is -0.111. The number of sulfonamides is 1. The first-order valence-electron chi connectivity index (χ1n) is 8.87. The molecule has 8 nitrogen and oxygen atoms in total. The summed E-state index contributed by atoms with van der Waals surface area (Å²) in [5.41, 5.74) is 1.01. The molecular formula is C20H22N2O6S. The fourth-order valence-electron chi connectivity index (χ4n) is 2.69. The van der Waals surface area contributed by atoms with Crippen molar-refractivity contribution in [2.75, 3.05) is 19.2 Å². The molecule has 29 heavy (non-hydrogen) atoms. The number of benzene rings is 2. The predicted molar refractivity (Wildman–Crippen MR) is 109 cm³/mol. The van der Waals surface area contributed by atoms with E-state index in [1.165, 1.54) is 31.4 Å². The zero-order valence-electron chi connectivity index (χ0n) is 16.3. The topological polar surface area (TPSA) is 103 Å². The van der Waals surface area contributed by atoms with Crippen LogP contribution in [0.3, 0.4) is 0 Å². The molecule has 1 amide bonds. The third-order valence-corrected chi connectivity index (χ3v) is 5.61. The van der Waals surface area contributed by atoms with Gasteiger partial charge in [0.2, 0.25) is 22.7 Å². The van der Waals surface area contributed by atoms with Gasteiger partial charge in [-0.05, 0) is 55.8 Å². The van der Waals surface area contributed by atoms with Crippen LogP contribution in [-0.4, -0.2) is 34.3 Å². The Balaban J connectivity index is 1.77. The molecule has 1 heterocycles. The van der Waals surface area contributed by atoms with Gasteiger partial charge in [0.25, 0.3) is 0 Å². The van der Waals surface area contributed by atoms with Crippen LogP contribution in [0, 0.1) is 0 Å². The molecule has 2 aromatic rings. The van der Waals surface area contributed by atoms with Crippen molar-refractivity contribution in [1.82, 2.24) is 4.72 Å². The Bertz CT molecular complexity index is 1050. The van der Waals surface area contributed by atoms with Crippen molar-refractivity contribution in [3.8, 4) is 17.2 Å². The first-order valence-corrected chi connectivity index (χ1v) is 10.4. The predicted octanol–water partition coefficient (Wildman–Crippen LogP) is 2.76. The Labute approximate surface area is 169 Å². The number of ether oxygens (including phenoxy) is 3. The van der Waals surface area contributed by atoms with E-state index in [1.54, 1.807) is 38.1 Å². The molecule has 3 rings (SSSR count). The van der Waals surface area contributed by atoms with Gasteiger partial charge in [-0.25, -0.2) is 13.1 Å². The van der Waals surface area contributed by atoms with E-state index in [0.29, 0.717) is 17.2 Å². The fraction of sp³-hybridized carbons (Fsp3) is 0.250. The number of rotatable bonds is 7. The Kier molecular flexibility index (Phi) is 6.09. The van der Waals surface area contributed by atoms with Crippen LogP contribution < -0.4 is 24.2 Å². The Morgan fingerprint density at radius 2 is 1.90 bits per heavy atom. The van der Waals surface area contributed by atoms with Gasteiger partial charge in [-0.15, -0.1) is 0 Å². The second-order valence-electron chi connectivity index (χ2n) is 6.57. The maximum atomic E-state index is 12.4. The first kappa shape index (κ1) is 20.7. The SMILES string of the molecule is COc1ccc(S(=O)(=O)NC(C)C)cc1NC(=O)/C=C/c1ccc2c(c1)OCO2. The molecule has 2 N–H and O–H groups in total. The lowest BCUT2D eigenvalue weighted by Crippen LogP contribution is -2.30. The molecule has 2 aromatic carbocycles. The average Bonchev–Trinajstić information content (AvgIpc) is 3.13. The van der Waals surface area contributed by atoms with E-state index in [0.717, 1.165) is 5.56 Å². The summed E-state index contributed by atoms with van der Waals surface area (Å²) in [7, 11) is -2.27. The second kappa shape index (κ2) is 8.54. The number of fused-ring (bicyclic) bond motifs is 1. The summed E-state index contributed by atoms with van der Waals surface area (Å²) < 4.78 is 43.1. The second-order valence-corrected chi connectivity index (χ2v) is 8.29. The minimum absolute atomic E-state index is 0.0297. The lowest BCUT2D eigenvalue weighted by atomic mass is 10.2. The summed E-state index contributed by atoms with van der Waals surface area (Å²) in [5.74, 6) is 1.18. The van der Waals surface area contributed by atoms with E-state index in [9.17, 15) is 13.2 Å². The Morgan fingerprint density at radius 3 is 2.62 bits per heavy atom. The standard InChI is InChI=1S/C20H22N2O6S/c1-13(2)22-29(24,25)15-6-8-17(26-3)16(11-15)21-20(23)9-5-14-4-7-18-19(10-14)28-12-27-18/h4-11,13,22H,12H2,1-3H3,(H,21,23)/b9-5+. The first-order chi connectivity index (χ1) is 13.8. The summed E-state index contributed by atoms with van der Waals surface area (Å²) in [6.07, 6.45) is 2.95. The average molecular weight is 418 g/mol. The highest BCUT2D eigenvalue weighted by molar-refractivity contribution is 7.89. The van der Waals surface area contributed by atoms with E-state index in [-0.39, 0.29) is 23.4 Å². The molecule has 0 saturated heterocycles. The van der Waals surface area contributed by atoms with Crippen molar-refractivity contribution in [3.63, 3.8) is 0 Å². The van der Waals surface area contributed by atoms with Crippen LogP contribution in [0.1, 0.15) is 19.4 Å². The molecule has 0 aliphatic carbocycles. The molecule has 0 bridgehead atoms. The third-order valence-electron chi connectivity index (χ3n) is 3.95. The van der Waals surface area contributed by atoms with Crippen LogP contribution in [0.15, 0.2) is 47.4 Å². The van der Waals surface area contributed by atoms with Crippen LogP contribution in [0.5, 0.6) is 17.2 Å². The van der Waals surface area contributed by atoms with E-state index >= 15 is 0 Å². The molecule has 9 heteroatoms. The summed E-state index contributed by atoms with van der Waals surface area (Å²) in [5, 5.41) is 2.65. The van der Waals surface area contributed by atoms with E-state index in [2.05, 4.69) is 10.0 Å². The Morgan fingerprint density at radius 1 is 1.14 bits per heavy atom. The number of hydrogen-bond acceptors (Lipinski definition) is 6. The van der Waals surface area contributed by atoms with Crippen molar-refractivity contribution in [2.45, 2.75) is 24.8 Å². The smallest absolute Gasteiger partial charge is 0.248 e. The maximum Gasteiger partial charge on any atom is 0.248 e. The summed E-state index contributed by atoms with van der Waals surface area (Å²) in [6, 6.07) is 9.33. The molecule has 1 aliphatic rings. The van der Waals surface area contributed by atoms with Crippen molar-refractivity contribution in [3.05, 3.63) is 48.0 Å². The van der Waals surface area contributed by atoms with Gasteiger partial charge >= 0.3 is 0 Å². The van der Waals surface area contributed by atoms with Gasteiger partial charge < -0.3 is 19.5 Å². The summed E-state index contributed by atoms with van der Waals surface area (Å²) >= 11 is 0. The number of carbonyl (C=O) groups is 1. The van der Waals surface area contributed by atoms with E-state index in [4.69, 9.17) is 14.2 Å². The molecule has 0 aromatic heterocycles. The van der Waals surface area contributed by atoms with Gasteiger partial charge in [-0.1, -0.05) is 6.07 Å². The zero-order chi connectivity index (χ0) is 21.0. The number of nitrogens with one attached hydrogen (secondary N) is 2. The zero-order valence-corrected chi connectivity index (χ0v) is 17.1. The molecule has 0 radical (unpaired) electrons. The highest BCUT2D eigenvalue weighted by atomic mass is 32.2. The third kappa shape index (κ3) is 5.07. The van der Waals surface area contributed by atoms with Crippen LogP contribution >= 0.6 is 0 Å². The highest BCUT2D eigenvalue weighted by Gasteiger charge is 2.18. The fourth-order valence-corrected chi connectivity index (χ4v) is 3.97. The van der Waals surface area contributed by atoms with Gasteiger partial charge in [0, 0.05) is 12.1 Å². The van der Waals surface area contributed by atoms with Crippen molar-refractivity contribution < 1.29 is 27.4 Å². The number of amides is 1. The molecule has 0 spiro atoms. The van der Waals surface area contributed by atoms with Gasteiger partial charge in [0.1, 0.15) is 5.75 Å². The van der Waals surface area contributed by atoms with Gasteiger partial charge in [0.05, 0.1) is 17.7 Å². The van der Waals surface area contributed by atoms with Crippen molar-refractivity contribution in [2.24, 2.45) is 0 Å². The van der Waals surface area contributed by atoms with Crippen molar-refractivity contribution in [1.29, 1.82) is 0 Å². The van der Waals surface area contributed by atoms with Crippen LogP contribution in [-0.2, 0) is 14.8 Å². The molecule has 1 aliphatic heterocycles. The van der Waals surface area contributed by atoms with Crippen LogP contribution in [0.2, 0.25) is 0 Å². The van der Waals surface area contributed by atoms with E-state index < -0.39 is 15.9 Å². The molecule has 0 atom stereocenters. The minimum atomic E-state index is -3.70. The molecular weight excluding hydrogens is 396 g/mol. The van der Waals surface area contributed by atoms with Crippen molar-refractivity contribution >= 4 is 27.7 Å². The van der Waals surface area contributed by atoms with Gasteiger partial charge in [0.15, 0.2) is 11.5 Å².